The molecule has 0 heterocycles. The van der Waals surface area contributed by atoms with Gasteiger partial charge in [0, 0.05) is 13.8 Å². The molecule has 2 heteroatoms. The Bertz CT molecular complexity index is 120. The van der Waals surface area contributed by atoms with Crippen molar-refractivity contribution in [3.8, 4) is 0 Å². The van der Waals surface area contributed by atoms with Crippen LogP contribution in [0.15, 0.2) is 0 Å². The standard InChI is InChI=1S/C8H15O2/c1-6(2)7(9)10-8(3,4)5/h6H,3H2,1-2,4-5H3/q+1. The highest BCUT2D eigenvalue weighted by Crippen LogP contribution is 2.09. The Labute approximate surface area is 62.6 Å². The van der Waals surface area contributed by atoms with Gasteiger partial charge in [-0.2, -0.15) is 0 Å². The summed E-state index contributed by atoms with van der Waals surface area (Å²) in [6.07, 6.45) is 0. The summed E-state index contributed by atoms with van der Waals surface area (Å²) in [6.45, 7) is 10.8. The van der Waals surface area contributed by atoms with Crippen LogP contribution >= 0.6 is 0 Å². The second-order valence-electron chi connectivity index (χ2n) is 3.34. The lowest BCUT2D eigenvalue weighted by Gasteiger charge is -2.14. The van der Waals surface area contributed by atoms with Crippen LogP contribution in [0.25, 0.3) is 0 Å². The topological polar surface area (TPSA) is 26.3 Å². The van der Waals surface area contributed by atoms with Crippen molar-refractivity contribution < 1.29 is 9.53 Å². The summed E-state index contributed by atoms with van der Waals surface area (Å²) in [4.78, 5) is 10.9. The molecule has 0 radical (unpaired) electrons. The van der Waals surface area contributed by atoms with Gasteiger partial charge in [0.25, 0.3) is 0 Å². The van der Waals surface area contributed by atoms with Crippen molar-refractivity contribution in [2.45, 2.75) is 33.3 Å². The molecule has 0 saturated carbocycles. The minimum atomic E-state index is -0.596. The highest BCUT2D eigenvalue weighted by Gasteiger charge is 2.24. The number of carbonyl (C=O) groups is 1. The molecule has 2 nitrogen and oxygen atoms in total. The summed E-state index contributed by atoms with van der Waals surface area (Å²) in [5.41, 5.74) is -0.596. The summed E-state index contributed by atoms with van der Waals surface area (Å²) in [7, 11) is 0. The van der Waals surface area contributed by atoms with Crippen LogP contribution < -0.4 is 0 Å². The van der Waals surface area contributed by atoms with Crippen LogP contribution in [0, 0.1) is 12.8 Å². The fourth-order valence-corrected chi connectivity index (χ4v) is 0.390. The number of rotatable bonds is 2. The van der Waals surface area contributed by atoms with E-state index >= 15 is 0 Å². The number of ether oxygens (including phenoxy) is 1. The van der Waals surface area contributed by atoms with Gasteiger partial charge in [0.2, 0.25) is 5.60 Å². The molecule has 0 saturated heterocycles. The minimum Gasteiger partial charge on any atom is -0.419 e. The highest BCUT2D eigenvalue weighted by atomic mass is 16.6. The summed E-state index contributed by atoms with van der Waals surface area (Å²) in [5, 5.41) is 0. The summed E-state index contributed by atoms with van der Waals surface area (Å²) in [5.74, 6) is -0.263. The van der Waals surface area contributed by atoms with Gasteiger partial charge in [-0.15, -0.1) is 0 Å². The van der Waals surface area contributed by atoms with Crippen LogP contribution in [0.5, 0.6) is 0 Å². The third-order valence-electron chi connectivity index (χ3n) is 0.848. The van der Waals surface area contributed by atoms with E-state index in [1.807, 2.05) is 0 Å². The van der Waals surface area contributed by atoms with Crippen molar-refractivity contribution in [1.29, 1.82) is 0 Å². The Morgan fingerprint density at radius 3 is 2.00 bits per heavy atom. The predicted molar refractivity (Wildman–Crippen MR) is 40.4 cm³/mol. The molecular formula is C8H15O2+. The molecule has 58 valence electrons. The van der Waals surface area contributed by atoms with Gasteiger partial charge in [-0.05, 0) is 0 Å². The van der Waals surface area contributed by atoms with E-state index in [0.29, 0.717) is 0 Å². The zero-order chi connectivity index (χ0) is 8.36. The molecule has 0 aromatic rings. The third-order valence-corrected chi connectivity index (χ3v) is 0.848. The quantitative estimate of drug-likeness (QED) is 0.435. The largest absolute Gasteiger partial charge is 0.419 e. The molecule has 0 aromatic heterocycles. The average molecular weight is 143 g/mol. The molecular weight excluding hydrogens is 128 g/mol. The first-order valence-electron chi connectivity index (χ1n) is 3.41. The lowest BCUT2D eigenvalue weighted by Crippen LogP contribution is -2.26. The SMILES string of the molecule is [CH2+]C(C)(C)OC(=O)C(C)C. The van der Waals surface area contributed by atoms with Gasteiger partial charge < -0.3 is 4.74 Å². The van der Waals surface area contributed by atoms with E-state index in [2.05, 4.69) is 6.92 Å². The van der Waals surface area contributed by atoms with Gasteiger partial charge in [-0.3, -0.25) is 4.79 Å². The molecule has 0 atom stereocenters. The lowest BCUT2D eigenvalue weighted by molar-refractivity contribution is -0.156. The first kappa shape index (κ1) is 9.34. The number of hydrogen-bond donors (Lipinski definition) is 0. The Hall–Kier alpha value is -0.660. The summed E-state index contributed by atoms with van der Waals surface area (Å²) >= 11 is 0. The van der Waals surface area contributed by atoms with E-state index in [0.717, 1.165) is 0 Å². The Balaban J connectivity index is 3.81. The fourth-order valence-electron chi connectivity index (χ4n) is 0.390. The van der Waals surface area contributed by atoms with Crippen molar-refractivity contribution >= 4 is 5.97 Å². The van der Waals surface area contributed by atoms with Gasteiger partial charge in [0.1, 0.15) is 6.92 Å². The second-order valence-corrected chi connectivity index (χ2v) is 3.34. The van der Waals surface area contributed by atoms with Crippen LogP contribution in [0.3, 0.4) is 0 Å². The smallest absolute Gasteiger partial charge is 0.312 e. The molecule has 0 aliphatic carbocycles. The maximum Gasteiger partial charge on any atom is 0.312 e. The summed E-state index contributed by atoms with van der Waals surface area (Å²) in [6, 6.07) is 0. The van der Waals surface area contributed by atoms with Crippen LogP contribution in [0.2, 0.25) is 0 Å². The van der Waals surface area contributed by atoms with Gasteiger partial charge in [0.05, 0.1) is 5.92 Å². The average Bonchev–Trinajstić information content (AvgIpc) is 1.60. The van der Waals surface area contributed by atoms with Gasteiger partial charge in [-0.1, -0.05) is 13.8 Å². The van der Waals surface area contributed by atoms with Crippen molar-refractivity contribution in [2.75, 3.05) is 0 Å². The lowest BCUT2D eigenvalue weighted by atomic mass is 10.1. The molecule has 0 aromatic carbocycles. The van der Waals surface area contributed by atoms with E-state index in [1.165, 1.54) is 0 Å². The van der Waals surface area contributed by atoms with Crippen LogP contribution in [0.4, 0.5) is 0 Å². The molecule has 0 spiro atoms. The Morgan fingerprint density at radius 1 is 1.50 bits per heavy atom. The van der Waals surface area contributed by atoms with Crippen LogP contribution in [-0.4, -0.2) is 11.6 Å². The zero-order valence-electron chi connectivity index (χ0n) is 7.10. The maximum absolute atomic E-state index is 10.9. The summed E-state index contributed by atoms with van der Waals surface area (Å²) < 4.78 is 4.95. The monoisotopic (exact) mass is 143 g/mol. The van der Waals surface area contributed by atoms with Crippen molar-refractivity contribution in [1.82, 2.24) is 0 Å². The zero-order valence-corrected chi connectivity index (χ0v) is 7.10. The molecule has 0 amide bonds. The predicted octanol–water partition coefficient (Wildman–Crippen LogP) is 1.80. The van der Waals surface area contributed by atoms with Crippen molar-refractivity contribution in [3.63, 3.8) is 0 Å². The molecule has 10 heavy (non-hydrogen) atoms. The first-order valence-corrected chi connectivity index (χ1v) is 3.41. The van der Waals surface area contributed by atoms with E-state index in [-0.39, 0.29) is 11.9 Å². The number of hydrogen-bond acceptors (Lipinski definition) is 2. The number of esters is 1. The van der Waals surface area contributed by atoms with Crippen LogP contribution in [-0.2, 0) is 9.53 Å². The highest BCUT2D eigenvalue weighted by molar-refractivity contribution is 5.72. The molecule has 0 unspecified atom stereocenters. The minimum absolute atomic E-state index is 0.0685. The molecule has 0 aliphatic rings. The molecule has 0 N–H and O–H groups in total. The van der Waals surface area contributed by atoms with E-state index < -0.39 is 5.60 Å². The van der Waals surface area contributed by atoms with Gasteiger partial charge in [0.15, 0.2) is 0 Å². The molecule has 0 aliphatic heterocycles. The first-order chi connectivity index (χ1) is 4.33. The third kappa shape index (κ3) is 4.24. The number of carbonyl (C=O) groups excluding carboxylic acids is 1. The molecule has 0 rings (SSSR count). The normalized spacial score (nSPS) is 11.7. The van der Waals surface area contributed by atoms with Crippen molar-refractivity contribution in [3.05, 3.63) is 6.92 Å². The molecule has 0 bridgehead atoms. The van der Waals surface area contributed by atoms with Crippen molar-refractivity contribution in [2.24, 2.45) is 5.92 Å². The van der Waals surface area contributed by atoms with E-state index in [4.69, 9.17) is 4.74 Å². The van der Waals surface area contributed by atoms with Gasteiger partial charge >= 0.3 is 5.97 Å². The maximum atomic E-state index is 10.9. The molecule has 0 fully saturated rings. The van der Waals surface area contributed by atoms with E-state index in [9.17, 15) is 4.79 Å². The Morgan fingerprint density at radius 2 is 1.90 bits per heavy atom. The van der Waals surface area contributed by atoms with E-state index in [1.54, 1.807) is 27.7 Å². The Kier molecular flexibility index (Phi) is 2.76. The fraction of sp³-hybridized carbons (Fsp3) is 0.750. The second kappa shape index (κ2) is 2.95. The van der Waals surface area contributed by atoms with Crippen LogP contribution in [0.1, 0.15) is 27.7 Å². The van der Waals surface area contributed by atoms with Gasteiger partial charge in [-0.25, -0.2) is 0 Å².